The van der Waals surface area contributed by atoms with Crippen molar-refractivity contribution in [3.8, 4) is 0 Å². The minimum Gasteiger partial charge on any atom is -0.370 e. The van der Waals surface area contributed by atoms with Crippen LogP contribution < -0.4 is 11.1 Å². The summed E-state index contributed by atoms with van der Waals surface area (Å²) in [6.07, 6.45) is 0.671. The van der Waals surface area contributed by atoms with Crippen LogP contribution in [0, 0.1) is 6.08 Å². The van der Waals surface area contributed by atoms with Crippen molar-refractivity contribution in [2.75, 3.05) is 11.9 Å². The molecule has 0 atom stereocenters. The van der Waals surface area contributed by atoms with Gasteiger partial charge in [-0.25, -0.2) is 4.98 Å². The van der Waals surface area contributed by atoms with Crippen molar-refractivity contribution in [3.63, 3.8) is 0 Å². The van der Waals surface area contributed by atoms with Gasteiger partial charge in [0.1, 0.15) is 5.82 Å². The number of carbonyl (C=O) groups excluding carboxylic acids is 1. The highest BCUT2D eigenvalue weighted by Crippen LogP contribution is 1.99. The van der Waals surface area contributed by atoms with E-state index in [1.165, 1.54) is 12.3 Å². The molecule has 1 heterocycles. The van der Waals surface area contributed by atoms with Crippen LogP contribution in [0.4, 0.5) is 10.2 Å². The number of hydrogen-bond acceptors (Lipinski definition) is 4. The number of nitrogens with two attached hydrogens (primary N) is 1. The minimum absolute atomic E-state index is 0.186. The van der Waals surface area contributed by atoms with Crippen molar-refractivity contribution >= 4 is 11.7 Å². The van der Waals surface area contributed by atoms with Crippen molar-refractivity contribution in [3.05, 3.63) is 18.3 Å². The fourth-order valence-electron chi connectivity index (χ4n) is 0.747. The van der Waals surface area contributed by atoms with Crippen LogP contribution in [-0.2, 0) is 4.79 Å². The number of anilines is 1. The third kappa shape index (κ3) is 3.46. The van der Waals surface area contributed by atoms with E-state index in [9.17, 15) is 9.18 Å². The van der Waals surface area contributed by atoms with Crippen molar-refractivity contribution in [2.24, 2.45) is 5.73 Å². The predicted octanol–water partition coefficient (Wildman–Crippen LogP) is -0.0970. The summed E-state index contributed by atoms with van der Waals surface area (Å²) in [5, 5.41) is 2.72. The summed E-state index contributed by atoms with van der Waals surface area (Å²) >= 11 is 0. The van der Waals surface area contributed by atoms with Crippen LogP contribution in [0.5, 0.6) is 0 Å². The molecule has 6 heteroatoms. The lowest BCUT2D eigenvalue weighted by Crippen LogP contribution is -2.16. The third-order valence-electron chi connectivity index (χ3n) is 1.30. The quantitative estimate of drug-likeness (QED) is 0.640. The molecule has 1 aromatic heterocycles. The summed E-state index contributed by atoms with van der Waals surface area (Å²) < 4.78 is 12.4. The standard InChI is InChI=1S/C7H9FN4O/c8-7-11-4-2-6(12-7)10-3-1-5(9)13/h2,4H,1,3H2,(H2,9,13)(H,10,11,12). The van der Waals surface area contributed by atoms with E-state index in [1.807, 2.05) is 0 Å². The second-order valence-corrected chi connectivity index (χ2v) is 2.35. The van der Waals surface area contributed by atoms with Crippen LogP contribution in [0.15, 0.2) is 12.3 Å². The fourth-order valence-corrected chi connectivity index (χ4v) is 0.747. The van der Waals surface area contributed by atoms with E-state index in [1.54, 1.807) is 0 Å². The molecule has 0 aromatic carbocycles. The first-order chi connectivity index (χ1) is 6.18. The molecule has 0 aliphatic heterocycles. The molecule has 0 bridgehead atoms. The van der Waals surface area contributed by atoms with Gasteiger partial charge in [-0.05, 0) is 6.07 Å². The highest BCUT2D eigenvalue weighted by molar-refractivity contribution is 5.74. The van der Waals surface area contributed by atoms with E-state index in [0.717, 1.165) is 0 Å². The Morgan fingerprint density at radius 1 is 1.69 bits per heavy atom. The van der Waals surface area contributed by atoms with Gasteiger partial charge in [-0.3, -0.25) is 4.79 Å². The van der Waals surface area contributed by atoms with Crippen LogP contribution >= 0.6 is 0 Å². The smallest absolute Gasteiger partial charge is 0.310 e. The number of amides is 1. The lowest BCUT2D eigenvalue weighted by atomic mass is 10.4. The number of nitrogens with zero attached hydrogens (tertiary/aromatic N) is 2. The molecule has 0 unspecified atom stereocenters. The Morgan fingerprint density at radius 2 is 2.46 bits per heavy atom. The second-order valence-electron chi connectivity index (χ2n) is 2.35. The Labute approximate surface area is 74.2 Å². The molecule has 3 N–H and O–H groups in total. The van der Waals surface area contributed by atoms with Gasteiger partial charge in [-0.15, -0.1) is 0 Å². The molecule has 5 nitrogen and oxygen atoms in total. The molecule has 0 radical (unpaired) electrons. The van der Waals surface area contributed by atoms with Crippen molar-refractivity contribution in [1.29, 1.82) is 0 Å². The maximum absolute atomic E-state index is 12.4. The molecular formula is C7H9FN4O. The van der Waals surface area contributed by atoms with Crippen LogP contribution in [0.1, 0.15) is 6.42 Å². The first kappa shape index (κ1) is 9.37. The van der Waals surface area contributed by atoms with E-state index < -0.39 is 12.0 Å². The average molecular weight is 184 g/mol. The number of rotatable bonds is 4. The van der Waals surface area contributed by atoms with Crippen molar-refractivity contribution in [1.82, 2.24) is 9.97 Å². The zero-order valence-electron chi connectivity index (χ0n) is 6.83. The Morgan fingerprint density at radius 3 is 3.08 bits per heavy atom. The zero-order chi connectivity index (χ0) is 9.68. The first-order valence-electron chi connectivity index (χ1n) is 3.69. The molecule has 0 aliphatic carbocycles. The van der Waals surface area contributed by atoms with E-state index in [0.29, 0.717) is 12.4 Å². The van der Waals surface area contributed by atoms with Gasteiger partial charge in [0.2, 0.25) is 5.91 Å². The molecule has 70 valence electrons. The largest absolute Gasteiger partial charge is 0.370 e. The Kier molecular flexibility index (Phi) is 3.13. The van der Waals surface area contributed by atoms with E-state index >= 15 is 0 Å². The zero-order valence-corrected chi connectivity index (χ0v) is 6.83. The molecule has 1 amide bonds. The minimum atomic E-state index is -0.802. The van der Waals surface area contributed by atoms with Gasteiger partial charge >= 0.3 is 6.08 Å². The number of halogens is 1. The lowest BCUT2D eigenvalue weighted by molar-refractivity contribution is -0.117. The summed E-state index contributed by atoms with van der Waals surface area (Å²) in [7, 11) is 0. The van der Waals surface area contributed by atoms with E-state index in [-0.39, 0.29) is 6.42 Å². The molecule has 1 aromatic rings. The van der Waals surface area contributed by atoms with Crippen LogP contribution in [0.25, 0.3) is 0 Å². The predicted molar refractivity (Wildman–Crippen MR) is 44.3 cm³/mol. The molecule has 0 spiro atoms. The Balaban J connectivity index is 2.41. The van der Waals surface area contributed by atoms with Crippen LogP contribution in [0.3, 0.4) is 0 Å². The van der Waals surface area contributed by atoms with Gasteiger partial charge in [-0.1, -0.05) is 0 Å². The summed E-state index contributed by atoms with van der Waals surface area (Å²) in [6, 6.07) is 1.50. The molecule has 0 fully saturated rings. The number of primary amides is 1. The van der Waals surface area contributed by atoms with Crippen molar-refractivity contribution in [2.45, 2.75) is 6.42 Å². The highest BCUT2D eigenvalue weighted by Gasteiger charge is 1.97. The number of hydrogen-bond donors (Lipinski definition) is 2. The van der Waals surface area contributed by atoms with Gasteiger partial charge in [0.05, 0.1) is 0 Å². The van der Waals surface area contributed by atoms with Crippen LogP contribution in [0.2, 0.25) is 0 Å². The van der Waals surface area contributed by atoms with Gasteiger partial charge < -0.3 is 11.1 Å². The van der Waals surface area contributed by atoms with Crippen LogP contribution in [-0.4, -0.2) is 22.4 Å². The van der Waals surface area contributed by atoms with Gasteiger partial charge in [0, 0.05) is 19.2 Å². The monoisotopic (exact) mass is 184 g/mol. The maximum atomic E-state index is 12.4. The molecule has 13 heavy (non-hydrogen) atoms. The molecule has 0 saturated heterocycles. The van der Waals surface area contributed by atoms with Crippen molar-refractivity contribution < 1.29 is 9.18 Å². The number of carbonyl (C=O) groups is 1. The Bertz CT molecular complexity index is 304. The summed E-state index contributed by atoms with van der Waals surface area (Å²) in [5.41, 5.74) is 4.90. The topological polar surface area (TPSA) is 80.9 Å². The average Bonchev–Trinajstić information content (AvgIpc) is 2.03. The fraction of sp³-hybridized carbons (Fsp3) is 0.286. The molecule has 0 aliphatic rings. The second kappa shape index (κ2) is 4.34. The summed E-state index contributed by atoms with van der Waals surface area (Å²) in [4.78, 5) is 17.0. The number of aromatic nitrogens is 2. The van der Waals surface area contributed by atoms with Gasteiger partial charge in [0.15, 0.2) is 0 Å². The normalized spacial score (nSPS) is 9.62. The molecule has 0 saturated carbocycles. The first-order valence-corrected chi connectivity index (χ1v) is 3.69. The lowest BCUT2D eigenvalue weighted by Gasteiger charge is -2.01. The SMILES string of the molecule is NC(=O)CCNc1ccnc(F)n1. The summed E-state index contributed by atoms with van der Waals surface area (Å²) in [6.45, 7) is 0.339. The summed E-state index contributed by atoms with van der Waals surface area (Å²) in [5.74, 6) is -0.0734. The molecular weight excluding hydrogens is 175 g/mol. The van der Waals surface area contributed by atoms with E-state index in [2.05, 4.69) is 15.3 Å². The number of nitrogens with one attached hydrogen (secondary N) is 1. The third-order valence-corrected chi connectivity index (χ3v) is 1.30. The van der Waals surface area contributed by atoms with E-state index in [4.69, 9.17) is 5.73 Å². The Hall–Kier alpha value is -1.72. The van der Waals surface area contributed by atoms with Gasteiger partial charge in [-0.2, -0.15) is 9.37 Å². The van der Waals surface area contributed by atoms with Gasteiger partial charge in [0.25, 0.3) is 0 Å². The molecule has 1 rings (SSSR count). The highest BCUT2D eigenvalue weighted by atomic mass is 19.1. The maximum Gasteiger partial charge on any atom is 0.310 e.